The highest BCUT2D eigenvalue weighted by molar-refractivity contribution is 6.33. The predicted molar refractivity (Wildman–Crippen MR) is 69.0 cm³/mol. The first-order chi connectivity index (χ1) is 8.13. The fourth-order valence-corrected chi connectivity index (χ4v) is 2.13. The van der Waals surface area contributed by atoms with Crippen LogP contribution >= 0.6 is 11.6 Å². The van der Waals surface area contributed by atoms with Crippen molar-refractivity contribution in [2.45, 2.75) is 18.9 Å². The van der Waals surface area contributed by atoms with Crippen LogP contribution in [0.15, 0.2) is 30.9 Å². The summed E-state index contributed by atoms with van der Waals surface area (Å²) in [4.78, 5) is 13.0. The third-order valence-electron chi connectivity index (χ3n) is 2.82. The second-order valence-electron chi connectivity index (χ2n) is 4.14. The van der Waals surface area contributed by atoms with Gasteiger partial charge >= 0.3 is 5.97 Å². The number of halogens is 1. The maximum absolute atomic E-state index is 10.8. The molecule has 90 valence electrons. The van der Waals surface area contributed by atoms with E-state index in [-0.39, 0.29) is 5.56 Å². The molecule has 0 spiro atoms. The van der Waals surface area contributed by atoms with Crippen LogP contribution in [0.4, 0.5) is 5.69 Å². The lowest BCUT2D eigenvalue weighted by Crippen LogP contribution is -2.25. The number of carbonyl (C=O) groups is 1. The first kappa shape index (κ1) is 12.0. The van der Waals surface area contributed by atoms with Gasteiger partial charge in [0.05, 0.1) is 16.3 Å². The minimum atomic E-state index is -0.958. The van der Waals surface area contributed by atoms with Crippen molar-refractivity contribution in [1.29, 1.82) is 0 Å². The van der Waals surface area contributed by atoms with E-state index in [1.165, 1.54) is 6.07 Å². The van der Waals surface area contributed by atoms with E-state index in [0.29, 0.717) is 11.1 Å². The quantitative estimate of drug-likeness (QED) is 0.817. The summed E-state index contributed by atoms with van der Waals surface area (Å²) in [6.07, 6.45) is 4.15. The number of carboxylic acid groups (broad SMARTS) is 1. The van der Waals surface area contributed by atoms with Gasteiger partial charge in [-0.2, -0.15) is 0 Å². The molecule has 1 N–H and O–H groups in total. The number of hydrogen-bond acceptors (Lipinski definition) is 2. The largest absolute Gasteiger partial charge is 0.478 e. The van der Waals surface area contributed by atoms with E-state index in [1.54, 1.807) is 12.1 Å². The molecular weight excluding hydrogens is 238 g/mol. The molecule has 4 heteroatoms. The van der Waals surface area contributed by atoms with Gasteiger partial charge in [-0.1, -0.05) is 17.7 Å². The summed E-state index contributed by atoms with van der Waals surface area (Å²) in [6, 6.07) is 5.37. The number of rotatable bonds is 5. The maximum atomic E-state index is 10.8. The molecule has 3 nitrogen and oxygen atoms in total. The van der Waals surface area contributed by atoms with Crippen LogP contribution in [0, 0.1) is 0 Å². The van der Waals surface area contributed by atoms with Crippen molar-refractivity contribution >= 4 is 23.3 Å². The number of aromatic carboxylic acids is 1. The van der Waals surface area contributed by atoms with Crippen LogP contribution in [-0.4, -0.2) is 23.7 Å². The average Bonchev–Trinajstić information content (AvgIpc) is 3.10. The molecule has 2 rings (SSSR count). The summed E-state index contributed by atoms with van der Waals surface area (Å²) in [5, 5.41) is 9.36. The van der Waals surface area contributed by atoms with Crippen molar-refractivity contribution in [2.75, 3.05) is 11.4 Å². The Morgan fingerprint density at radius 1 is 1.59 bits per heavy atom. The van der Waals surface area contributed by atoms with Crippen LogP contribution in [0.2, 0.25) is 5.02 Å². The van der Waals surface area contributed by atoms with Gasteiger partial charge in [-0.3, -0.25) is 0 Å². The lowest BCUT2D eigenvalue weighted by Gasteiger charge is -2.24. The number of hydrogen-bond donors (Lipinski definition) is 1. The van der Waals surface area contributed by atoms with E-state index in [4.69, 9.17) is 16.7 Å². The molecule has 1 aliphatic carbocycles. The normalized spacial score (nSPS) is 14.4. The predicted octanol–water partition coefficient (Wildman–Crippen LogP) is 3.19. The Hall–Kier alpha value is -1.48. The van der Waals surface area contributed by atoms with Crippen molar-refractivity contribution in [3.8, 4) is 0 Å². The first-order valence-corrected chi connectivity index (χ1v) is 5.91. The van der Waals surface area contributed by atoms with E-state index >= 15 is 0 Å². The van der Waals surface area contributed by atoms with Gasteiger partial charge in [0.25, 0.3) is 0 Å². The molecule has 1 aromatic carbocycles. The molecule has 1 aliphatic rings. The summed E-state index contributed by atoms with van der Waals surface area (Å²) in [6.45, 7) is 4.47. The Bertz CT molecular complexity index is 455. The molecule has 0 aliphatic heterocycles. The second-order valence-corrected chi connectivity index (χ2v) is 4.55. The highest BCUT2D eigenvalue weighted by Crippen LogP contribution is 2.35. The van der Waals surface area contributed by atoms with Gasteiger partial charge in [-0.15, -0.1) is 6.58 Å². The van der Waals surface area contributed by atoms with Gasteiger partial charge in [0, 0.05) is 12.6 Å². The van der Waals surface area contributed by atoms with Crippen LogP contribution in [-0.2, 0) is 0 Å². The maximum Gasteiger partial charge on any atom is 0.335 e. The molecule has 1 aromatic rings. The Morgan fingerprint density at radius 2 is 2.29 bits per heavy atom. The summed E-state index contributed by atoms with van der Waals surface area (Å²) in [5.41, 5.74) is 1.10. The van der Waals surface area contributed by atoms with E-state index < -0.39 is 5.97 Å². The molecule has 1 saturated carbocycles. The molecule has 0 aromatic heterocycles. The van der Waals surface area contributed by atoms with E-state index in [2.05, 4.69) is 11.5 Å². The molecule has 0 saturated heterocycles. The third-order valence-corrected chi connectivity index (χ3v) is 3.12. The van der Waals surface area contributed by atoms with Crippen molar-refractivity contribution < 1.29 is 9.90 Å². The Kier molecular flexibility index (Phi) is 3.38. The lowest BCUT2D eigenvalue weighted by atomic mass is 10.2. The highest BCUT2D eigenvalue weighted by Gasteiger charge is 2.29. The molecule has 0 atom stereocenters. The standard InChI is InChI=1S/C13H14ClNO2/c1-2-7-15(10-4-5-10)12-6-3-9(13(16)17)8-11(12)14/h2-3,6,8,10H,1,4-5,7H2,(H,16,17). The van der Waals surface area contributed by atoms with Gasteiger partial charge < -0.3 is 10.0 Å². The number of carboxylic acids is 1. The van der Waals surface area contributed by atoms with Crippen molar-refractivity contribution in [3.05, 3.63) is 41.4 Å². The highest BCUT2D eigenvalue weighted by atomic mass is 35.5. The zero-order valence-electron chi connectivity index (χ0n) is 9.40. The summed E-state index contributed by atoms with van der Waals surface area (Å²) in [7, 11) is 0. The number of benzene rings is 1. The average molecular weight is 252 g/mol. The summed E-state index contributed by atoms with van der Waals surface area (Å²) < 4.78 is 0. The number of anilines is 1. The minimum Gasteiger partial charge on any atom is -0.478 e. The summed E-state index contributed by atoms with van der Waals surface area (Å²) in [5.74, 6) is -0.958. The van der Waals surface area contributed by atoms with Crippen LogP contribution in [0.5, 0.6) is 0 Å². The van der Waals surface area contributed by atoms with E-state index in [1.807, 2.05) is 6.08 Å². The van der Waals surface area contributed by atoms with E-state index in [0.717, 1.165) is 25.1 Å². The van der Waals surface area contributed by atoms with Gasteiger partial charge in [0.15, 0.2) is 0 Å². The molecule has 0 radical (unpaired) electrons. The fraction of sp³-hybridized carbons (Fsp3) is 0.308. The molecule has 0 bridgehead atoms. The molecular formula is C13H14ClNO2. The van der Waals surface area contributed by atoms with Crippen LogP contribution in [0.25, 0.3) is 0 Å². The smallest absolute Gasteiger partial charge is 0.335 e. The molecule has 1 fully saturated rings. The second kappa shape index (κ2) is 4.80. The lowest BCUT2D eigenvalue weighted by molar-refractivity contribution is 0.0697. The Balaban J connectivity index is 2.30. The topological polar surface area (TPSA) is 40.5 Å². The molecule has 0 heterocycles. The zero-order valence-corrected chi connectivity index (χ0v) is 10.2. The fourth-order valence-electron chi connectivity index (χ4n) is 1.84. The molecule has 17 heavy (non-hydrogen) atoms. The summed E-state index contributed by atoms with van der Waals surface area (Å²) >= 11 is 6.14. The first-order valence-electron chi connectivity index (χ1n) is 5.54. The minimum absolute atomic E-state index is 0.216. The van der Waals surface area contributed by atoms with Gasteiger partial charge in [-0.05, 0) is 31.0 Å². The third kappa shape index (κ3) is 2.61. The monoisotopic (exact) mass is 251 g/mol. The SMILES string of the molecule is C=CCN(c1ccc(C(=O)O)cc1Cl)C1CC1. The van der Waals surface area contributed by atoms with Crippen LogP contribution < -0.4 is 4.90 Å². The van der Waals surface area contributed by atoms with Crippen molar-refractivity contribution in [3.63, 3.8) is 0 Å². The zero-order chi connectivity index (χ0) is 12.4. The van der Waals surface area contributed by atoms with Crippen LogP contribution in [0.3, 0.4) is 0 Å². The van der Waals surface area contributed by atoms with Crippen molar-refractivity contribution in [1.82, 2.24) is 0 Å². The van der Waals surface area contributed by atoms with Gasteiger partial charge in [-0.25, -0.2) is 4.79 Å². The molecule has 0 amide bonds. The Labute approximate surface area is 105 Å². The Morgan fingerprint density at radius 3 is 2.76 bits per heavy atom. The van der Waals surface area contributed by atoms with Crippen LogP contribution in [0.1, 0.15) is 23.2 Å². The number of nitrogens with zero attached hydrogens (tertiary/aromatic N) is 1. The van der Waals surface area contributed by atoms with Crippen molar-refractivity contribution in [2.24, 2.45) is 0 Å². The van der Waals surface area contributed by atoms with Gasteiger partial charge in [0.1, 0.15) is 0 Å². The molecule has 0 unspecified atom stereocenters. The van der Waals surface area contributed by atoms with E-state index in [9.17, 15) is 4.79 Å². The van der Waals surface area contributed by atoms with Gasteiger partial charge in [0.2, 0.25) is 0 Å².